The van der Waals surface area contributed by atoms with Crippen molar-refractivity contribution in [3.63, 3.8) is 0 Å². The molecule has 0 unspecified atom stereocenters. The van der Waals surface area contributed by atoms with Crippen LogP contribution in [0.5, 0.6) is 11.5 Å². The summed E-state index contributed by atoms with van der Waals surface area (Å²) in [5, 5.41) is 21.3. The van der Waals surface area contributed by atoms with E-state index in [9.17, 15) is 14.7 Å². The number of aromatic carboxylic acids is 1. The molecule has 6 nitrogen and oxygen atoms in total. The number of hydrogen-bond donors (Lipinski definition) is 2. The van der Waals surface area contributed by atoms with E-state index in [4.69, 9.17) is 14.6 Å². The topological polar surface area (TPSA) is 93.1 Å². The molecule has 0 aromatic heterocycles. The Morgan fingerprint density at radius 2 is 1.62 bits per heavy atom. The molecule has 1 aliphatic heterocycles. The Morgan fingerprint density at radius 1 is 0.882 bits per heavy atom. The van der Waals surface area contributed by atoms with Gasteiger partial charge in [0.2, 0.25) is 0 Å². The highest BCUT2D eigenvalue weighted by atomic mass is 16.5. The molecule has 0 fully saturated rings. The summed E-state index contributed by atoms with van der Waals surface area (Å²) in [7, 11) is 0. The van der Waals surface area contributed by atoms with Crippen molar-refractivity contribution in [1.82, 2.24) is 0 Å². The molecule has 4 aromatic rings. The molecular formula is C28H22O6. The highest BCUT2D eigenvalue weighted by Gasteiger charge is 2.15. The van der Waals surface area contributed by atoms with Gasteiger partial charge < -0.3 is 19.7 Å². The van der Waals surface area contributed by atoms with Crippen molar-refractivity contribution in [1.29, 1.82) is 0 Å². The van der Waals surface area contributed by atoms with Gasteiger partial charge in [0.1, 0.15) is 18.1 Å². The number of ether oxygens (including phenoxy) is 2. The van der Waals surface area contributed by atoms with Gasteiger partial charge in [-0.05, 0) is 64.0 Å². The fourth-order valence-electron chi connectivity index (χ4n) is 4.17. The molecule has 1 heterocycles. The van der Waals surface area contributed by atoms with Gasteiger partial charge in [-0.1, -0.05) is 36.4 Å². The van der Waals surface area contributed by atoms with Gasteiger partial charge in [-0.2, -0.15) is 0 Å². The Morgan fingerprint density at radius 3 is 2.41 bits per heavy atom. The molecule has 170 valence electrons. The zero-order valence-electron chi connectivity index (χ0n) is 18.3. The first-order valence-corrected chi connectivity index (χ1v) is 11.0. The first-order valence-electron chi connectivity index (χ1n) is 11.0. The van der Waals surface area contributed by atoms with Crippen LogP contribution in [0.1, 0.15) is 43.0 Å². The maximum Gasteiger partial charge on any atom is 0.338 e. The number of carboxylic acid groups (broad SMARTS) is 1. The van der Waals surface area contributed by atoms with E-state index in [2.05, 4.69) is 0 Å². The van der Waals surface area contributed by atoms with Gasteiger partial charge in [0.15, 0.2) is 0 Å². The van der Waals surface area contributed by atoms with Gasteiger partial charge in [0, 0.05) is 18.2 Å². The van der Waals surface area contributed by atoms with Crippen molar-refractivity contribution in [3.05, 3.63) is 106 Å². The molecule has 0 radical (unpaired) electrons. The van der Waals surface area contributed by atoms with E-state index in [-0.39, 0.29) is 17.9 Å². The SMILES string of the molecule is O=C(O)c1ccc(Cc2ccc3ccc(C(=O)OCc4ccc5c(c4)CCO5)cc3c2O)cc1. The van der Waals surface area contributed by atoms with Crippen LogP contribution in [-0.2, 0) is 24.2 Å². The number of carbonyl (C=O) groups is 2. The number of carbonyl (C=O) groups excluding carboxylic acids is 1. The second-order valence-electron chi connectivity index (χ2n) is 8.30. The lowest BCUT2D eigenvalue weighted by Crippen LogP contribution is -2.05. The third-order valence-corrected chi connectivity index (χ3v) is 6.03. The summed E-state index contributed by atoms with van der Waals surface area (Å²) < 4.78 is 11.0. The normalized spacial score (nSPS) is 12.2. The smallest absolute Gasteiger partial charge is 0.338 e. The maximum absolute atomic E-state index is 12.7. The van der Waals surface area contributed by atoms with Gasteiger partial charge in [0.25, 0.3) is 0 Å². The summed E-state index contributed by atoms with van der Waals surface area (Å²) in [5.74, 6) is -0.473. The Hall–Kier alpha value is -4.32. The summed E-state index contributed by atoms with van der Waals surface area (Å²) in [6.45, 7) is 0.831. The first-order chi connectivity index (χ1) is 16.5. The van der Waals surface area contributed by atoms with E-state index in [1.165, 1.54) is 12.1 Å². The standard InChI is InChI=1S/C28H22O6/c29-26-22(13-17-1-4-20(5-2-17)27(30)31)8-6-19-7-9-23(15-24(19)26)28(32)34-16-18-3-10-25-21(14-18)11-12-33-25/h1-10,14-15,29H,11-13,16H2,(H,30,31). The van der Waals surface area contributed by atoms with Crippen LogP contribution in [0.3, 0.4) is 0 Å². The molecule has 0 saturated heterocycles. The van der Waals surface area contributed by atoms with Gasteiger partial charge >= 0.3 is 11.9 Å². The summed E-state index contributed by atoms with van der Waals surface area (Å²) >= 11 is 0. The van der Waals surface area contributed by atoms with Crippen LogP contribution in [0.4, 0.5) is 0 Å². The molecule has 4 aromatic carbocycles. The fraction of sp³-hybridized carbons (Fsp3) is 0.143. The monoisotopic (exact) mass is 454 g/mol. The van der Waals surface area contributed by atoms with E-state index in [0.29, 0.717) is 29.5 Å². The molecule has 1 aliphatic rings. The van der Waals surface area contributed by atoms with Crippen molar-refractivity contribution in [3.8, 4) is 11.5 Å². The number of phenolic OH excluding ortho intramolecular Hbond substituents is 1. The van der Waals surface area contributed by atoms with Gasteiger partial charge in [-0.15, -0.1) is 0 Å². The van der Waals surface area contributed by atoms with Crippen LogP contribution in [-0.4, -0.2) is 28.8 Å². The molecule has 0 saturated carbocycles. The Balaban J connectivity index is 1.34. The quantitative estimate of drug-likeness (QED) is 0.393. The van der Waals surface area contributed by atoms with Crippen molar-refractivity contribution < 1.29 is 29.3 Å². The maximum atomic E-state index is 12.7. The van der Waals surface area contributed by atoms with Gasteiger partial charge in [-0.25, -0.2) is 9.59 Å². The van der Waals surface area contributed by atoms with Crippen LogP contribution >= 0.6 is 0 Å². The molecule has 6 heteroatoms. The molecule has 0 bridgehead atoms. The lowest BCUT2D eigenvalue weighted by molar-refractivity contribution is 0.0472. The van der Waals surface area contributed by atoms with E-state index >= 15 is 0 Å². The van der Waals surface area contributed by atoms with Crippen molar-refractivity contribution in [2.24, 2.45) is 0 Å². The Kier molecular flexibility index (Phi) is 5.64. The molecule has 0 aliphatic carbocycles. The van der Waals surface area contributed by atoms with E-state index in [0.717, 1.165) is 34.2 Å². The molecule has 0 atom stereocenters. The number of benzene rings is 4. The van der Waals surface area contributed by atoms with Crippen LogP contribution in [0.2, 0.25) is 0 Å². The van der Waals surface area contributed by atoms with E-state index in [1.54, 1.807) is 30.3 Å². The zero-order chi connectivity index (χ0) is 23.7. The predicted molar refractivity (Wildman–Crippen MR) is 127 cm³/mol. The summed E-state index contributed by atoms with van der Waals surface area (Å²) in [4.78, 5) is 23.7. The molecule has 0 amide bonds. The number of rotatable bonds is 6. The van der Waals surface area contributed by atoms with Crippen molar-refractivity contribution in [2.45, 2.75) is 19.4 Å². The van der Waals surface area contributed by atoms with E-state index in [1.807, 2.05) is 30.3 Å². The molecule has 0 spiro atoms. The predicted octanol–water partition coefficient (Wildman–Crippen LogP) is 5.13. The Bertz CT molecular complexity index is 1400. The summed E-state index contributed by atoms with van der Waals surface area (Å²) in [5.41, 5.74) is 4.14. The van der Waals surface area contributed by atoms with Crippen LogP contribution in [0.25, 0.3) is 10.8 Å². The average Bonchev–Trinajstić information content (AvgIpc) is 3.32. The minimum Gasteiger partial charge on any atom is -0.507 e. The van der Waals surface area contributed by atoms with Gasteiger partial charge in [0.05, 0.1) is 17.7 Å². The van der Waals surface area contributed by atoms with E-state index < -0.39 is 11.9 Å². The molecule has 5 rings (SSSR count). The van der Waals surface area contributed by atoms with Crippen molar-refractivity contribution >= 4 is 22.7 Å². The number of phenols is 1. The van der Waals surface area contributed by atoms with Gasteiger partial charge in [-0.3, -0.25) is 0 Å². The average molecular weight is 454 g/mol. The van der Waals surface area contributed by atoms with Crippen LogP contribution in [0, 0.1) is 0 Å². The Labute approximate surface area is 196 Å². The fourth-order valence-corrected chi connectivity index (χ4v) is 4.17. The second-order valence-corrected chi connectivity index (χ2v) is 8.30. The molecule has 34 heavy (non-hydrogen) atoms. The number of fused-ring (bicyclic) bond motifs is 2. The lowest BCUT2D eigenvalue weighted by Gasteiger charge is -2.11. The number of aromatic hydroxyl groups is 1. The minimum absolute atomic E-state index is 0.0908. The van der Waals surface area contributed by atoms with Crippen molar-refractivity contribution in [2.75, 3.05) is 6.61 Å². The second kappa shape index (κ2) is 8.90. The molecular weight excluding hydrogens is 432 g/mol. The summed E-state index contributed by atoms with van der Waals surface area (Å²) in [6, 6.07) is 21.1. The number of hydrogen-bond acceptors (Lipinski definition) is 5. The lowest BCUT2D eigenvalue weighted by atomic mass is 9.98. The number of carboxylic acids is 1. The summed E-state index contributed by atoms with van der Waals surface area (Å²) in [6.07, 6.45) is 1.28. The minimum atomic E-state index is -0.982. The first kappa shape index (κ1) is 21.5. The van der Waals surface area contributed by atoms with Crippen LogP contribution < -0.4 is 4.74 Å². The highest BCUT2D eigenvalue weighted by molar-refractivity contribution is 5.98. The highest BCUT2D eigenvalue weighted by Crippen LogP contribution is 2.32. The van der Waals surface area contributed by atoms with Crippen LogP contribution in [0.15, 0.2) is 72.8 Å². The third-order valence-electron chi connectivity index (χ3n) is 6.03. The zero-order valence-corrected chi connectivity index (χ0v) is 18.3. The number of esters is 1. The largest absolute Gasteiger partial charge is 0.507 e. The molecule has 2 N–H and O–H groups in total. The third kappa shape index (κ3) is 4.30.